The number of carbonyl (C=O) groups excluding carboxylic acids is 2. The maximum absolute atomic E-state index is 13.0. The second-order valence-electron chi connectivity index (χ2n) is 11.4. The topological polar surface area (TPSA) is 222 Å². The molecule has 2 N–H and O–H groups in total. The van der Waals surface area contributed by atoms with E-state index in [1.807, 2.05) is 0 Å². The number of rotatable bonds is 26. The molecule has 55 heavy (non-hydrogen) atoms. The first-order valence-electron chi connectivity index (χ1n) is 17.2. The Morgan fingerprint density at radius 1 is 0.527 bits per heavy atom. The van der Waals surface area contributed by atoms with Crippen LogP contribution in [0.25, 0.3) is 0 Å². The normalized spacial score (nSPS) is 11.3. The summed E-state index contributed by atoms with van der Waals surface area (Å²) in [7, 11) is 4.75. The fourth-order valence-electron chi connectivity index (χ4n) is 4.40. The molecule has 19 heteroatoms. The quantitative estimate of drug-likeness (QED) is 0.0629. The third-order valence-corrected chi connectivity index (χ3v) is 7.30. The predicted octanol–water partition coefficient (Wildman–Crippen LogP) is 4.93. The van der Waals surface area contributed by atoms with Crippen LogP contribution in [0.3, 0.4) is 0 Å². The number of esters is 2. The van der Waals surface area contributed by atoms with Crippen molar-refractivity contribution in [1.82, 2.24) is 15.0 Å². The van der Waals surface area contributed by atoms with Crippen molar-refractivity contribution in [1.29, 1.82) is 0 Å². The molecule has 0 heterocycles. The average Bonchev–Trinajstić information content (AvgIpc) is 3.20. The molecule has 0 amide bonds. The molecule has 0 aliphatic heterocycles. The van der Waals surface area contributed by atoms with Crippen molar-refractivity contribution in [2.45, 2.75) is 0 Å². The van der Waals surface area contributed by atoms with Gasteiger partial charge in [0.25, 0.3) is 0 Å². The summed E-state index contributed by atoms with van der Waals surface area (Å²) >= 11 is 0. The maximum atomic E-state index is 13.0. The summed E-state index contributed by atoms with van der Waals surface area (Å²) in [4.78, 5) is 37.3. The zero-order valence-electron chi connectivity index (χ0n) is 31.1. The summed E-state index contributed by atoms with van der Waals surface area (Å²) in [6.07, 6.45) is 0. The number of ether oxygens (including phenoxy) is 5. The highest BCUT2D eigenvalue weighted by Crippen LogP contribution is 2.19. The van der Waals surface area contributed by atoms with Gasteiger partial charge >= 0.3 is 17.9 Å². The van der Waals surface area contributed by atoms with E-state index in [4.69, 9.17) is 23.7 Å². The Balaban J connectivity index is 1.64. The fourth-order valence-corrected chi connectivity index (χ4v) is 4.40. The lowest BCUT2D eigenvalue weighted by Crippen LogP contribution is -2.27. The number of hydrogen-bond acceptors (Lipinski definition) is 15. The minimum atomic E-state index is -1.12. The molecule has 3 rings (SSSR count). The lowest BCUT2D eigenvalue weighted by atomic mass is 10.2. The SMILES string of the molecule is COCCN(CCO)N=Nc1cccc(C(=O)OCCN(CCOC(=O)c2cccc(N=NN(CCOC)CCOC)c2)N=Nc2cccc(C(=O)O)c2)c1. The van der Waals surface area contributed by atoms with Crippen LogP contribution < -0.4 is 0 Å². The van der Waals surface area contributed by atoms with Crippen molar-refractivity contribution in [3.63, 3.8) is 0 Å². The molecule has 3 aromatic rings. The van der Waals surface area contributed by atoms with Crippen LogP contribution in [0.5, 0.6) is 0 Å². The summed E-state index contributed by atoms with van der Waals surface area (Å²) < 4.78 is 26.3. The van der Waals surface area contributed by atoms with E-state index in [9.17, 15) is 24.6 Å². The number of hydrogen-bond donors (Lipinski definition) is 2. The molecular weight excluding hydrogens is 718 g/mol. The molecule has 19 nitrogen and oxygen atoms in total. The van der Waals surface area contributed by atoms with E-state index in [0.29, 0.717) is 50.8 Å². The van der Waals surface area contributed by atoms with E-state index in [-0.39, 0.29) is 61.8 Å². The van der Waals surface area contributed by atoms with Gasteiger partial charge in [0, 0.05) is 21.3 Å². The minimum absolute atomic E-state index is 0.0307. The zero-order valence-corrected chi connectivity index (χ0v) is 31.1. The van der Waals surface area contributed by atoms with Crippen LogP contribution in [-0.2, 0) is 23.7 Å². The molecule has 0 saturated heterocycles. The van der Waals surface area contributed by atoms with Crippen molar-refractivity contribution < 1.29 is 48.3 Å². The Kier molecular flexibility index (Phi) is 19.9. The van der Waals surface area contributed by atoms with Crippen LogP contribution in [0.15, 0.2) is 104 Å². The van der Waals surface area contributed by atoms with Crippen molar-refractivity contribution in [3.8, 4) is 0 Å². The zero-order chi connectivity index (χ0) is 39.7. The van der Waals surface area contributed by atoms with E-state index < -0.39 is 17.9 Å². The highest BCUT2D eigenvalue weighted by atomic mass is 16.5. The minimum Gasteiger partial charge on any atom is -0.478 e. The number of benzene rings is 3. The Morgan fingerprint density at radius 3 is 1.24 bits per heavy atom. The third kappa shape index (κ3) is 16.8. The molecule has 0 aromatic heterocycles. The molecule has 0 atom stereocenters. The summed E-state index contributed by atoms with van der Waals surface area (Å²) in [5.74, 6) is -2.36. The van der Waals surface area contributed by atoms with E-state index in [0.717, 1.165) is 0 Å². The van der Waals surface area contributed by atoms with Gasteiger partial charge < -0.3 is 33.9 Å². The van der Waals surface area contributed by atoms with Gasteiger partial charge in [0.15, 0.2) is 0 Å². The van der Waals surface area contributed by atoms with Crippen LogP contribution in [0.4, 0.5) is 17.1 Å². The fraction of sp³-hybridized carbons (Fsp3) is 0.417. The van der Waals surface area contributed by atoms with Gasteiger partial charge in [0.2, 0.25) is 0 Å². The van der Waals surface area contributed by atoms with Gasteiger partial charge in [-0.2, -0.15) is 0 Å². The van der Waals surface area contributed by atoms with Gasteiger partial charge in [0.05, 0.1) is 99.4 Å². The number of aliphatic hydroxyl groups is 1. The smallest absolute Gasteiger partial charge is 0.338 e. The van der Waals surface area contributed by atoms with Gasteiger partial charge in [-0.05, 0) is 54.6 Å². The Hall–Kier alpha value is -5.89. The van der Waals surface area contributed by atoms with Gasteiger partial charge in [-0.1, -0.05) is 33.9 Å². The van der Waals surface area contributed by atoms with Gasteiger partial charge in [0.1, 0.15) is 13.2 Å². The molecule has 0 saturated carbocycles. The number of carbonyl (C=O) groups is 3. The van der Waals surface area contributed by atoms with Crippen LogP contribution >= 0.6 is 0 Å². The molecule has 0 spiro atoms. The first-order valence-corrected chi connectivity index (χ1v) is 17.2. The average molecular weight is 766 g/mol. The summed E-state index contributed by atoms with van der Waals surface area (Å²) in [5.41, 5.74) is 1.63. The molecule has 296 valence electrons. The van der Waals surface area contributed by atoms with Crippen LogP contribution in [-0.4, -0.2) is 143 Å². The van der Waals surface area contributed by atoms with Crippen LogP contribution in [0.1, 0.15) is 31.1 Å². The van der Waals surface area contributed by atoms with Crippen molar-refractivity contribution in [2.75, 3.05) is 100 Å². The van der Waals surface area contributed by atoms with Crippen molar-refractivity contribution in [3.05, 3.63) is 89.5 Å². The largest absolute Gasteiger partial charge is 0.478 e. The highest BCUT2D eigenvalue weighted by molar-refractivity contribution is 5.91. The molecule has 0 unspecified atom stereocenters. The van der Waals surface area contributed by atoms with Crippen LogP contribution in [0.2, 0.25) is 0 Å². The lowest BCUT2D eigenvalue weighted by Gasteiger charge is -2.18. The Bertz CT molecular complexity index is 1720. The maximum Gasteiger partial charge on any atom is 0.338 e. The van der Waals surface area contributed by atoms with E-state index in [2.05, 4.69) is 31.0 Å². The van der Waals surface area contributed by atoms with Crippen LogP contribution in [0, 0.1) is 0 Å². The standard InChI is InChI=1S/C36H47N9O10/c1-51-20-14-43(13-19-46)40-38-32-11-5-8-29(26-32)35(49)54-23-17-45(42-37-31-10-4-7-28(25-31)34(47)48)18-24-55-36(50)30-9-6-12-33(27-30)39-41-44(15-21-52-2)16-22-53-3/h4-12,25-27,46H,13-24H2,1-3H3,(H,47,48). The molecular formula is C36H47N9O10. The molecule has 0 radical (unpaired) electrons. The van der Waals surface area contributed by atoms with E-state index in [1.165, 1.54) is 29.3 Å². The monoisotopic (exact) mass is 765 g/mol. The van der Waals surface area contributed by atoms with Gasteiger partial charge in [-0.3, -0.25) is 15.0 Å². The Labute approximate surface area is 318 Å². The van der Waals surface area contributed by atoms with E-state index in [1.54, 1.807) is 79.9 Å². The number of carboxylic acid groups (broad SMARTS) is 1. The molecule has 0 aliphatic rings. The first kappa shape index (κ1) is 43.5. The molecule has 0 bridgehead atoms. The van der Waals surface area contributed by atoms with Gasteiger partial charge in [-0.15, -0.1) is 15.3 Å². The number of carboxylic acids is 1. The van der Waals surface area contributed by atoms with Crippen molar-refractivity contribution >= 4 is 35.0 Å². The number of nitrogens with zero attached hydrogens (tertiary/aromatic N) is 9. The second kappa shape index (κ2) is 25.2. The van der Waals surface area contributed by atoms with Gasteiger partial charge in [-0.25, -0.2) is 14.4 Å². The Morgan fingerprint density at radius 2 is 0.873 bits per heavy atom. The highest BCUT2D eigenvalue weighted by Gasteiger charge is 2.13. The number of methoxy groups -OCH3 is 3. The summed E-state index contributed by atoms with van der Waals surface area (Å²) in [6.45, 7) is 2.76. The van der Waals surface area contributed by atoms with Crippen molar-refractivity contribution in [2.24, 2.45) is 31.0 Å². The van der Waals surface area contributed by atoms with E-state index >= 15 is 0 Å². The number of aliphatic hydroxyl groups excluding tert-OH is 1. The first-order chi connectivity index (χ1) is 26.8. The summed E-state index contributed by atoms with van der Waals surface area (Å²) in [6, 6.07) is 18.8. The summed E-state index contributed by atoms with van der Waals surface area (Å²) in [5, 5.41) is 48.3. The molecule has 0 aliphatic carbocycles. The predicted molar refractivity (Wildman–Crippen MR) is 198 cm³/mol. The molecule has 3 aromatic carbocycles. The molecule has 0 fully saturated rings. The second-order valence-corrected chi connectivity index (χ2v) is 11.4. The third-order valence-electron chi connectivity index (χ3n) is 7.30. The lowest BCUT2D eigenvalue weighted by molar-refractivity contribution is 0.0391. The number of aromatic carboxylic acids is 1.